The van der Waals surface area contributed by atoms with Gasteiger partial charge in [0.2, 0.25) is 10.0 Å². The molecule has 1 aliphatic heterocycles. The molecule has 1 aromatic heterocycles. The second-order valence-corrected chi connectivity index (χ2v) is 8.00. The molecule has 2 heterocycles. The third kappa shape index (κ3) is 2.80. The maximum atomic E-state index is 11.8. The minimum absolute atomic E-state index is 0.164. The Bertz CT molecular complexity index is 747. The van der Waals surface area contributed by atoms with E-state index in [1.807, 2.05) is 31.3 Å². The number of aromatic nitrogens is 2. The van der Waals surface area contributed by atoms with Gasteiger partial charge in [0.1, 0.15) is 5.82 Å². The molecule has 2 aromatic rings. The van der Waals surface area contributed by atoms with Crippen LogP contribution in [0.1, 0.15) is 29.9 Å². The van der Waals surface area contributed by atoms with E-state index in [-0.39, 0.29) is 11.7 Å². The molecule has 0 radical (unpaired) electrons. The van der Waals surface area contributed by atoms with Crippen molar-refractivity contribution in [3.05, 3.63) is 53.6 Å². The third-order valence-corrected chi connectivity index (χ3v) is 6.06. The summed E-state index contributed by atoms with van der Waals surface area (Å²) in [5, 5.41) is 0. The summed E-state index contributed by atoms with van der Waals surface area (Å²) in [7, 11) is -3.07. The summed E-state index contributed by atoms with van der Waals surface area (Å²) in [4.78, 5) is 4.52. The Kier molecular flexibility index (Phi) is 4.06. The molecule has 6 heteroatoms. The van der Waals surface area contributed by atoms with E-state index in [0.29, 0.717) is 13.1 Å². The van der Waals surface area contributed by atoms with Gasteiger partial charge in [-0.25, -0.2) is 17.7 Å². The average Bonchev–Trinajstić information content (AvgIpc) is 2.80. The minimum Gasteiger partial charge on any atom is -0.328 e. The van der Waals surface area contributed by atoms with Crippen LogP contribution in [0, 0.1) is 6.92 Å². The molecule has 0 amide bonds. The molecule has 1 aromatic carbocycles. The topological polar surface area (TPSA) is 55.2 Å². The lowest BCUT2D eigenvalue weighted by atomic mass is 10.0. The Morgan fingerprint density at radius 3 is 2.55 bits per heavy atom. The number of sulfonamides is 1. The first-order valence-corrected chi connectivity index (χ1v) is 9.16. The van der Waals surface area contributed by atoms with Crippen molar-refractivity contribution in [2.24, 2.45) is 0 Å². The van der Waals surface area contributed by atoms with Gasteiger partial charge in [-0.1, -0.05) is 30.3 Å². The highest BCUT2D eigenvalue weighted by molar-refractivity contribution is 7.89. The number of imidazole rings is 1. The lowest BCUT2D eigenvalue weighted by molar-refractivity contribution is 0.252. The number of hydrogen-bond acceptors (Lipinski definition) is 3. The molecule has 1 aliphatic rings. The first kappa shape index (κ1) is 15.2. The maximum Gasteiger partial charge on any atom is 0.213 e. The molecule has 0 aliphatic carbocycles. The fourth-order valence-corrected chi connectivity index (χ4v) is 3.97. The second-order valence-electron chi connectivity index (χ2n) is 5.74. The first-order chi connectivity index (χ1) is 10.5. The van der Waals surface area contributed by atoms with Crippen LogP contribution in [0.25, 0.3) is 0 Å². The molecule has 0 atom stereocenters. The van der Waals surface area contributed by atoms with Crippen LogP contribution in [0.5, 0.6) is 0 Å². The van der Waals surface area contributed by atoms with E-state index >= 15 is 0 Å². The Morgan fingerprint density at radius 1 is 1.23 bits per heavy atom. The Balaban J connectivity index is 1.77. The zero-order chi connectivity index (χ0) is 15.7. The van der Waals surface area contributed by atoms with E-state index in [9.17, 15) is 8.42 Å². The summed E-state index contributed by atoms with van der Waals surface area (Å²) in [6, 6.07) is 10.3. The number of rotatable bonds is 5. The number of aryl methyl sites for hydroxylation is 1. The van der Waals surface area contributed by atoms with E-state index in [1.165, 1.54) is 5.56 Å². The molecule has 1 fully saturated rings. The van der Waals surface area contributed by atoms with Crippen LogP contribution < -0.4 is 0 Å². The van der Waals surface area contributed by atoms with Gasteiger partial charge in [0.05, 0.1) is 5.75 Å². The van der Waals surface area contributed by atoms with Crippen LogP contribution in [0.3, 0.4) is 0 Å². The lowest BCUT2D eigenvalue weighted by Gasteiger charge is -2.37. The molecule has 3 rings (SSSR count). The molecule has 0 spiro atoms. The lowest BCUT2D eigenvalue weighted by Crippen LogP contribution is -2.49. The standard InChI is InChI=1S/C16H21N3O2S/c1-3-22(20,21)18-11-15(12-18)16-17-9-13(2)19(16)10-14-7-5-4-6-8-14/h4-9,15H,3,10-12H2,1-2H3. The summed E-state index contributed by atoms with van der Waals surface area (Å²) in [6.45, 7) is 5.59. The zero-order valence-corrected chi connectivity index (χ0v) is 13.8. The van der Waals surface area contributed by atoms with E-state index in [0.717, 1.165) is 18.1 Å². The molecular weight excluding hydrogens is 298 g/mol. The van der Waals surface area contributed by atoms with Gasteiger partial charge < -0.3 is 4.57 Å². The van der Waals surface area contributed by atoms with Crippen LogP contribution in [-0.2, 0) is 16.6 Å². The van der Waals surface area contributed by atoms with Crippen molar-refractivity contribution in [2.45, 2.75) is 26.3 Å². The highest BCUT2D eigenvalue weighted by atomic mass is 32.2. The number of benzene rings is 1. The van der Waals surface area contributed by atoms with E-state index < -0.39 is 10.0 Å². The Labute approximate surface area is 131 Å². The van der Waals surface area contributed by atoms with Crippen molar-refractivity contribution in [1.29, 1.82) is 0 Å². The van der Waals surface area contributed by atoms with Crippen LogP contribution in [0.15, 0.2) is 36.5 Å². The Hall–Kier alpha value is -1.66. The maximum absolute atomic E-state index is 11.8. The van der Waals surface area contributed by atoms with Gasteiger partial charge in [0.15, 0.2) is 0 Å². The Morgan fingerprint density at radius 2 is 1.91 bits per heavy atom. The molecule has 0 bridgehead atoms. The van der Waals surface area contributed by atoms with Gasteiger partial charge >= 0.3 is 0 Å². The van der Waals surface area contributed by atoms with Crippen LogP contribution in [0.2, 0.25) is 0 Å². The number of hydrogen-bond donors (Lipinski definition) is 0. The van der Waals surface area contributed by atoms with Crippen molar-refractivity contribution < 1.29 is 8.42 Å². The van der Waals surface area contributed by atoms with Crippen molar-refractivity contribution in [3.8, 4) is 0 Å². The van der Waals surface area contributed by atoms with Gasteiger partial charge in [-0.05, 0) is 19.4 Å². The summed E-state index contributed by atoms with van der Waals surface area (Å²) < 4.78 is 27.4. The van der Waals surface area contributed by atoms with Crippen molar-refractivity contribution >= 4 is 10.0 Å². The van der Waals surface area contributed by atoms with Crippen LogP contribution >= 0.6 is 0 Å². The normalized spacial score (nSPS) is 16.6. The summed E-state index contributed by atoms with van der Waals surface area (Å²) in [5.74, 6) is 1.35. The smallest absolute Gasteiger partial charge is 0.213 e. The molecule has 0 N–H and O–H groups in total. The fraction of sp³-hybridized carbons (Fsp3) is 0.438. The van der Waals surface area contributed by atoms with Gasteiger partial charge in [-0.3, -0.25) is 0 Å². The fourth-order valence-electron chi connectivity index (χ4n) is 2.79. The zero-order valence-electron chi connectivity index (χ0n) is 12.9. The number of nitrogens with zero attached hydrogens (tertiary/aromatic N) is 3. The highest BCUT2D eigenvalue weighted by Crippen LogP contribution is 2.29. The summed E-state index contributed by atoms with van der Waals surface area (Å²) >= 11 is 0. The second kappa shape index (κ2) is 5.85. The van der Waals surface area contributed by atoms with Crippen molar-refractivity contribution in [1.82, 2.24) is 13.9 Å². The summed E-state index contributed by atoms with van der Waals surface area (Å²) in [5.41, 5.74) is 2.33. The monoisotopic (exact) mass is 319 g/mol. The first-order valence-electron chi connectivity index (χ1n) is 7.55. The van der Waals surface area contributed by atoms with Crippen molar-refractivity contribution in [3.63, 3.8) is 0 Å². The van der Waals surface area contributed by atoms with E-state index in [2.05, 4.69) is 21.7 Å². The van der Waals surface area contributed by atoms with Crippen LogP contribution in [0.4, 0.5) is 0 Å². The molecule has 118 valence electrons. The predicted octanol–water partition coefficient (Wildman–Crippen LogP) is 1.99. The molecule has 1 saturated heterocycles. The van der Waals surface area contributed by atoms with Gasteiger partial charge in [0, 0.05) is 37.4 Å². The highest BCUT2D eigenvalue weighted by Gasteiger charge is 2.37. The third-order valence-electron chi connectivity index (χ3n) is 4.24. The van der Waals surface area contributed by atoms with Crippen LogP contribution in [-0.4, -0.2) is 41.1 Å². The van der Waals surface area contributed by atoms with Gasteiger partial charge in [-0.15, -0.1) is 0 Å². The molecule has 22 heavy (non-hydrogen) atoms. The predicted molar refractivity (Wildman–Crippen MR) is 86.3 cm³/mol. The molecule has 0 saturated carbocycles. The molecule has 0 unspecified atom stereocenters. The summed E-state index contributed by atoms with van der Waals surface area (Å²) in [6.07, 6.45) is 1.87. The minimum atomic E-state index is -3.07. The van der Waals surface area contributed by atoms with E-state index in [1.54, 1.807) is 11.2 Å². The SMILES string of the molecule is CCS(=O)(=O)N1CC(c2ncc(C)n2Cc2ccccc2)C1. The molecule has 5 nitrogen and oxygen atoms in total. The quantitative estimate of drug-likeness (QED) is 0.847. The largest absolute Gasteiger partial charge is 0.328 e. The van der Waals surface area contributed by atoms with E-state index in [4.69, 9.17) is 0 Å². The average molecular weight is 319 g/mol. The van der Waals surface area contributed by atoms with Gasteiger partial charge in [-0.2, -0.15) is 0 Å². The molecular formula is C16H21N3O2S. The van der Waals surface area contributed by atoms with Gasteiger partial charge in [0.25, 0.3) is 0 Å². The van der Waals surface area contributed by atoms with Crippen molar-refractivity contribution in [2.75, 3.05) is 18.8 Å².